The molecule has 4 N–H and O–H groups in total. The Morgan fingerprint density at radius 3 is 2.27 bits per heavy atom. The van der Waals surface area contributed by atoms with Crippen LogP contribution in [0.4, 0.5) is 4.79 Å². The summed E-state index contributed by atoms with van der Waals surface area (Å²) >= 11 is 0. The number of amides is 3. The first-order valence-corrected chi connectivity index (χ1v) is 5.04. The molecule has 1 saturated heterocycles. The number of carboxylic acid groups (broad SMARTS) is 1. The lowest BCUT2D eigenvalue weighted by Gasteiger charge is -2.25. The van der Waals surface area contributed by atoms with E-state index >= 15 is 0 Å². The first-order chi connectivity index (χ1) is 6.73. The Morgan fingerprint density at radius 2 is 1.87 bits per heavy atom. The van der Waals surface area contributed by atoms with Gasteiger partial charge in [-0.2, -0.15) is 8.42 Å². The van der Waals surface area contributed by atoms with Crippen molar-refractivity contribution in [1.29, 1.82) is 0 Å². The zero-order chi connectivity index (χ0) is 11.8. The van der Waals surface area contributed by atoms with Crippen LogP contribution >= 0.6 is 0 Å². The van der Waals surface area contributed by atoms with Crippen LogP contribution in [0, 0.1) is 0 Å². The molecule has 10 heteroatoms. The summed E-state index contributed by atoms with van der Waals surface area (Å²) < 4.78 is 30.0. The fourth-order valence-electron chi connectivity index (χ4n) is 1.09. The summed E-state index contributed by atoms with van der Waals surface area (Å²) in [7, 11) is -4.90. The predicted octanol–water partition coefficient (Wildman–Crippen LogP) is -2.46. The quantitative estimate of drug-likeness (QED) is 0.389. The number of rotatable bonds is 2. The molecule has 0 aliphatic carbocycles. The van der Waals surface area contributed by atoms with Gasteiger partial charge in [-0.15, -0.1) is 0 Å². The number of imide groups is 1. The number of aliphatic carboxylic acids is 1. The van der Waals surface area contributed by atoms with E-state index in [-0.39, 0.29) is 0 Å². The van der Waals surface area contributed by atoms with Crippen molar-refractivity contribution in [2.45, 2.75) is 11.3 Å². The van der Waals surface area contributed by atoms with E-state index in [0.29, 0.717) is 0 Å². The topological polar surface area (TPSA) is 150 Å². The molecule has 1 heterocycles. The summed E-state index contributed by atoms with van der Waals surface area (Å²) in [5.41, 5.74) is 0. The molecule has 0 spiro atoms. The van der Waals surface area contributed by atoms with Crippen molar-refractivity contribution in [1.82, 2.24) is 10.6 Å². The lowest BCUT2D eigenvalue weighted by Crippen LogP contribution is -2.65. The number of hydrogen-bond donors (Lipinski definition) is 4. The minimum absolute atomic E-state index is 1.13. The van der Waals surface area contributed by atoms with Crippen molar-refractivity contribution in [2.24, 2.45) is 0 Å². The molecular formula is C5H6N2O7S. The molecule has 84 valence electrons. The molecule has 1 aliphatic rings. The van der Waals surface area contributed by atoms with E-state index in [1.54, 1.807) is 5.32 Å². The van der Waals surface area contributed by atoms with Gasteiger partial charge in [-0.3, -0.25) is 14.7 Å². The van der Waals surface area contributed by atoms with Crippen LogP contribution in [-0.2, 0) is 19.7 Å². The Labute approximate surface area is 83.2 Å². The van der Waals surface area contributed by atoms with Crippen molar-refractivity contribution >= 4 is 28.0 Å². The number of carbonyl (C=O) groups is 3. The predicted molar refractivity (Wildman–Crippen MR) is 43.4 cm³/mol. The molecule has 2 unspecified atom stereocenters. The summed E-state index contributed by atoms with van der Waals surface area (Å²) in [6, 6.07) is -3.13. The Bertz CT molecular complexity index is 427. The Kier molecular flexibility index (Phi) is 2.64. The highest BCUT2D eigenvalue weighted by Gasteiger charge is 2.47. The van der Waals surface area contributed by atoms with E-state index in [1.807, 2.05) is 0 Å². The van der Waals surface area contributed by atoms with Crippen molar-refractivity contribution in [3.05, 3.63) is 0 Å². The second-order valence-electron chi connectivity index (χ2n) is 2.71. The lowest BCUT2D eigenvalue weighted by atomic mass is 10.1. The van der Waals surface area contributed by atoms with Gasteiger partial charge in [0.15, 0.2) is 11.3 Å². The third-order valence-corrected chi connectivity index (χ3v) is 2.80. The second-order valence-corrected chi connectivity index (χ2v) is 4.25. The molecule has 1 aliphatic heterocycles. The molecule has 0 bridgehead atoms. The van der Waals surface area contributed by atoms with Crippen molar-refractivity contribution < 1.29 is 32.5 Å². The number of hydrogen-bond acceptors (Lipinski definition) is 5. The molecule has 0 aromatic heterocycles. The first kappa shape index (κ1) is 11.4. The highest BCUT2D eigenvalue weighted by Crippen LogP contribution is 2.09. The Hall–Kier alpha value is -1.68. The van der Waals surface area contributed by atoms with Crippen LogP contribution in [-0.4, -0.2) is 47.3 Å². The van der Waals surface area contributed by atoms with Gasteiger partial charge in [-0.1, -0.05) is 0 Å². The van der Waals surface area contributed by atoms with E-state index in [2.05, 4.69) is 0 Å². The fraction of sp³-hybridized carbons (Fsp3) is 0.400. The third kappa shape index (κ3) is 2.22. The molecule has 0 saturated carbocycles. The van der Waals surface area contributed by atoms with Crippen LogP contribution in [0.25, 0.3) is 0 Å². The van der Waals surface area contributed by atoms with Crippen LogP contribution in [0.2, 0.25) is 0 Å². The van der Waals surface area contributed by atoms with Crippen LogP contribution in [0.15, 0.2) is 0 Å². The number of carboxylic acids is 1. The van der Waals surface area contributed by atoms with E-state index in [0.717, 1.165) is 0 Å². The normalized spacial score (nSPS) is 26.7. The molecule has 0 aromatic carbocycles. The van der Waals surface area contributed by atoms with Gasteiger partial charge in [0, 0.05) is 0 Å². The summed E-state index contributed by atoms with van der Waals surface area (Å²) in [6.07, 6.45) is 0. The highest BCUT2D eigenvalue weighted by molar-refractivity contribution is 7.87. The van der Waals surface area contributed by atoms with Crippen LogP contribution < -0.4 is 10.6 Å². The molecule has 15 heavy (non-hydrogen) atoms. The molecule has 0 aromatic rings. The molecule has 2 atom stereocenters. The summed E-state index contributed by atoms with van der Waals surface area (Å²) in [5, 5.41) is 9.52. The van der Waals surface area contributed by atoms with Gasteiger partial charge in [0.2, 0.25) is 0 Å². The summed E-state index contributed by atoms with van der Waals surface area (Å²) in [4.78, 5) is 32.2. The van der Waals surface area contributed by atoms with Crippen molar-refractivity contribution in [3.8, 4) is 0 Å². The monoisotopic (exact) mass is 238 g/mol. The summed E-state index contributed by atoms with van der Waals surface area (Å²) in [6.45, 7) is 0. The molecule has 1 fully saturated rings. The zero-order valence-electron chi connectivity index (χ0n) is 7.00. The first-order valence-electron chi connectivity index (χ1n) is 3.54. The number of urea groups is 1. The van der Waals surface area contributed by atoms with Gasteiger partial charge in [0.25, 0.3) is 16.0 Å². The van der Waals surface area contributed by atoms with Crippen LogP contribution in [0.1, 0.15) is 0 Å². The molecular weight excluding hydrogens is 232 g/mol. The van der Waals surface area contributed by atoms with E-state index in [9.17, 15) is 22.8 Å². The average Bonchev–Trinajstić information content (AvgIpc) is 1.99. The maximum Gasteiger partial charge on any atom is 0.328 e. The van der Waals surface area contributed by atoms with Gasteiger partial charge < -0.3 is 10.4 Å². The zero-order valence-corrected chi connectivity index (χ0v) is 7.82. The van der Waals surface area contributed by atoms with Crippen LogP contribution in [0.5, 0.6) is 0 Å². The van der Waals surface area contributed by atoms with E-state index in [4.69, 9.17) is 9.66 Å². The summed E-state index contributed by atoms with van der Waals surface area (Å²) in [5.74, 6) is -3.12. The lowest BCUT2D eigenvalue weighted by molar-refractivity contribution is -0.141. The molecule has 3 amide bonds. The van der Waals surface area contributed by atoms with Gasteiger partial charge in [0.1, 0.15) is 0 Å². The minimum Gasteiger partial charge on any atom is -0.480 e. The SMILES string of the molecule is O=C1NC(=O)C(S(=O)(=O)O)C(C(=O)O)N1. The fourth-order valence-corrected chi connectivity index (χ4v) is 1.94. The highest BCUT2D eigenvalue weighted by atomic mass is 32.2. The Balaban J connectivity index is 3.15. The molecule has 9 nitrogen and oxygen atoms in total. The third-order valence-electron chi connectivity index (χ3n) is 1.67. The maximum absolute atomic E-state index is 11.0. The van der Waals surface area contributed by atoms with Crippen LogP contribution in [0.3, 0.4) is 0 Å². The molecule has 0 radical (unpaired) electrons. The standard InChI is InChI=1S/C5H6N2O7S/c8-3-2(15(12,13)14)1(4(9)10)6-5(11)7-3/h1-2H,(H,9,10)(H,12,13,14)(H2,6,7,8,11). The van der Waals surface area contributed by atoms with E-state index in [1.165, 1.54) is 5.32 Å². The van der Waals surface area contributed by atoms with Crippen molar-refractivity contribution in [3.63, 3.8) is 0 Å². The van der Waals surface area contributed by atoms with Gasteiger partial charge in [-0.05, 0) is 0 Å². The van der Waals surface area contributed by atoms with Crippen molar-refractivity contribution in [2.75, 3.05) is 0 Å². The van der Waals surface area contributed by atoms with E-state index < -0.39 is 39.3 Å². The number of nitrogens with one attached hydrogen (secondary N) is 2. The Morgan fingerprint density at radius 1 is 1.33 bits per heavy atom. The second kappa shape index (κ2) is 3.47. The maximum atomic E-state index is 11.0. The smallest absolute Gasteiger partial charge is 0.328 e. The van der Waals surface area contributed by atoms with Gasteiger partial charge >= 0.3 is 12.0 Å². The number of carbonyl (C=O) groups excluding carboxylic acids is 2. The van der Waals surface area contributed by atoms with Gasteiger partial charge in [-0.25, -0.2) is 9.59 Å². The minimum atomic E-state index is -4.90. The van der Waals surface area contributed by atoms with Gasteiger partial charge in [0.05, 0.1) is 0 Å². The average molecular weight is 238 g/mol. The largest absolute Gasteiger partial charge is 0.480 e. The molecule has 1 rings (SSSR count).